The maximum atomic E-state index is 13.0. The Morgan fingerprint density at radius 1 is 0.969 bits per heavy atom. The van der Waals surface area contributed by atoms with Crippen molar-refractivity contribution in [3.05, 3.63) is 83.6 Å². The van der Waals surface area contributed by atoms with Crippen molar-refractivity contribution in [2.45, 2.75) is 6.92 Å². The number of aromatic carboxylic acids is 1. The molecule has 0 atom stereocenters. The van der Waals surface area contributed by atoms with E-state index < -0.39 is 5.97 Å². The van der Waals surface area contributed by atoms with Crippen molar-refractivity contribution in [2.24, 2.45) is 0 Å². The first-order valence-corrected chi connectivity index (χ1v) is 10.2. The molecule has 0 aliphatic heterocycles. The van der Waals surface area contributed by atoms with E-state index in [-0.39, 0.29) is 11.5 Å². The molecule has 0 spiro atoms. The van der Waals surface area contributed by atoms with E-state index in [1.165, 1.54) is 0 Å². The molecule has 0 radical (unpaired) electrons. The number of aromatic amines is 1. The third kappa shape index (κ3) is 3.04. The number of furan rings is 1. The summed E-state index contributed by atoms with van der Waals surface area (Å²) < 4.78 is 6.30. The van der Waals surface area contributed by atoms with Crippen LogP contribution in [0.4, 0.5) is 0 Å². The number of carbonyl (C=O) groups is 2. The Labute approximate surface area is 183 Å². The number of carbonyl (C=O) groups excluding carboxylic acids is 1. The normalized spacial score (nSPS) is 11.2. The molecule has 158 valence electrons. The van der Waals surface area contributed by atoms with Crippen LogP contribution in [0.1, 0.15) is 26.3 Å². The number of carboxylic acid groups (broad SMARTS) is 1. The quantitative estimate of drug-likeness (QED) is 0.349. The van der Waals surface area contributed by atoms with Crippen LogP contribution in [0.2, 0.25) is 0 Å². The predicted octanol–water partition coefficient (Wildman–Crippen LogP) is 5.61. The molecule has 32 heavy (non-hydrogen) atoms. The highest BCUT2D eigenvalue weighted by atomic mass is 16.4. The van der Waals surface area contributed by atoms with Crippen LogP contribution in [0, 0.1) is 6.92 Å². The first kappa shape index (κ1) is 19.6. The van der Waals surface area contributed by atoms with Crippen molar-refractivity contribution in [3.63, 3.8) is 0 Å². The monoisotopic (exact) mass is 424 g/mol. The second-order valence-corrected chi connectivity index (χ2v) is 7.70. The van der Waals surface area contributed by atoms with Gasteiger partial charge in [0, 0.05) is 35.1 Å². The van der Waals surface area contributed by atoms with Gasteiger partial charge in [0.05, 0.1) is 16.6 Å². The van der Waals surface area contributed by atoms with Gasteiger partial charge in [0.25, 0.3) is 5.91 Å². The average molecular weight is 424 g/mol. The summed E-state index contributed by atoms with van der Waals surface area (Å²) in [4.78, 5) is 27.7. The van der Waals surface area contributed by atoms with Crippen molar-refractivity contribution in [2.75, 3.05) is 7.05 Å². The van der Waals surface area contributed by atoms with Crippen molar-refractivity contribution in [1.82, 2.24) is 10.3 Å². The van der Waals surface area contributed by atoms with Crippen molar-refractivity contribution >= 4 is 33.7 Å². The number of benzene rings is 3. The highest BCUT2D eigenvalue weighted by Gasteiger charge is 2.24. The summed E-state index contributed by atoms with van der Waals surface area (Å²) in [7, 11) is 1.59. The van der Waals surface area contributed by atoms with Crippen LogP contribution < -0.4 is 5.32 Å². The number of carboxylic acids is 1. The molecule has 5 aromatic rings. The van der Waals surface area contributed by atoms with Gasteiger partial charge in [0.2, 0.25) is 0 Å². The first-order valence-electron chi connectivity index (χ1n) is 10.2. The summed E-state index contributed by atoms with van der Waals surface area (Å²) in [5.41, 5.74) is 5.51. The SMILES string of the molecule is CNC(=O)c1c(-c2ccc(C)cc2)oc2c1cc(-c1cccc(C(=O)O)c1)c1[nH]ccc12. The molecule has 5 rings (SSSR count). The zero-order valence-corrected chi connectivity index (χ0v) is 17.5. The highest BCUT2D eigenvalue weighted by Crippen LogP contribution is 2.41. The fraction of sp³-hybridized carbons (Fsp3) is 0.0769. The molecule has 6 nitrogen and oxygen atoms in total. The lowest BCUT2D eigenvalue weighted by Gasteiger charge is -2.07. The molecule has 6 heteroatoms. The summed E-state index contributed by atoms with van der Waals surface area (Å²) in [6.45, 7) is 2.00. The molecule has 0 unspecified atom stereocenters. The molecule has 0 aliphatic carbocycles. The zero-order valence-electron chi connectivity index (χ0n) is 17.5. The third-order valence-electron chi connectivity index (χ3n) is 5.68. The van der Waals surface area contributed by atoms with Crippen LogP contribution in [0.15, 0.2) is 71.3 Å². The summed E-state index contributed by atoms with van der Waals surface area (Å²) >= 11 is 0. The highest BCUT2D eigenvalue weighted by molar-refractivity contribution is 6.19. The van der Waals surface area contributed by atoms with E-state index in [0.29, 0.717) is 22.3 Å². The third-order valence-corrected chi connectivity index (χ3v) is 5.68. The van der Waals surface area contributed by atoms with Gasteiger partial charge in [-0.1, -0.05) is 42.0 Å². The second-order valence-electron chi connectivity index (χ2n) is 7.70. The summed E-state index contributed by atoms with van der Waals surface area (Å²) in [6.07, 6.45) is 1.81. The maximum Gasteiger partial charge on any atom is 0.335 e. The molecule has 3 N–H and O–H groups in total. The zero-order chi connectivity index (χ0) is 22.4. The fourth-order valence-electron chi connectivity index (χ4n) is 4.09. The molecule has 1 amide bonds. The van der Waals surface area contributed by atoms with Crippen LogP contribution >= 0.6 is 0 Å². The number of rotatable bonds is 4. The second kappa shape index (κ2) is 7.42. The Hall–Kier alpha value is -4.32. The molecule has 0 bridgehead atoms. The number of aryl methyl sites for hydroxylation is 1. The van der Waals surface area contributed by atoms with Gasteiger partial charge in [-0.25, -0.2) is 4.79 Å². The largest absolute Gasteiger partial charge is 0.478 e. The van der Waals surface area contributed by atoms with E-state index in [9.17, 15) is 14.7 Å². The van der Waals surface area contributed by atoms with E-state index >= 15 is 0 Å². The molecule has 0 fully saturated rings. The summed E-state index contributed by atoms with van der Waals surface area (Å²) in [5, 5.41) is 13.6. The van der Waals surface area contributed by atoms with E-state index in [0.717, 1.165) is 33.2 Å². The Morgan fingerprint density at radius 2 is 1.75 bits per heavy atom. The molecular weight excluding hydrogens is 404 g/mol. The lowest BCUT2D eigenvalue weighted by atomic mass is 9.96. The van der Waals surface area contributed by atoms with Crippen LogP contribution in [0.3, 0.4) is 0 Å². The van der Waals surface area contributed by atoms with Gasteiger partial charge < -0.3 is 19.8 Å². The van der Waals surface area contributed by atoms with Crippen molar-refractivity contribution < 1.29 is 19.1 Å². The Morgan fingerprint density at radius 3 is 2.47 bits per heavy atom. The summed E-state index contributed by atoms with van der Waals surface area (Å²) in [6, 6.07) is 18.4. The maximum absolute atomic E-state index is 13.0. The van der Waals surface area contributed by atoms with Gasteiger partial charge in [-0.2, -0.15) is 0 Å². The number of hydrogen-bond donors (Lipinski definition) is 3. The van der Waals surface area contributed by atoms with Crippen molar-refractivity contribution in [3.8, 4) is 22.5 Å². The van der Waals surface area contributed by atoms with Crippen LogP contribution in [0.5, 0.6) is 0 Å². The number of aromatic nitrogens is 1. The smallest absolute Gasteiger partial charge is 0.335 e. The van der Waals surface area contributed by atoms with Gasteiger partial charge in [0.15, 0.2) is 0 Å². The Bertz CT molecular complexity index is 1510. The van der Waals surface area contributed by atoms with Gasteiger partial charge in [-0.05, 0) is 36.8 Å². The average Bonchev–Trinajstić information content (AvgIpc) is 3.43. The minimum absolute atomic E-state index is 0.196. The molecule has 2 heterocycles. The van der Waals surface area contributed by atoms with Crippen LogP contribution in [-0.2, 0) is 0 Å². The summed E-state index contributed by atoms with van der Waals surface area (Å²) in [5.74, 6) is -0.746. The number of nitrogens with one attached hydrogen (secondary N) is 2. The topological polar surface area (TPSA) is 95.3 Å². The minimum Gasteiger partial charge on any atom is -0.478 e. The number of hydrogen-bond acceptors (Lipinski definition) is 3. The van der Waals surface area contributed by atoms with E-state index in [2.05, 4.69) is 10.3 Å². The van der Waals surface area contributed by atoms with E-state index in [1.807, 2.05) is 55.6 Å². The molecule has 0 aliphatic rings. The minimum atomic E-state index is -0.994. The Balaban J connectivity index is 1.86. The Kier molecular flexibility index (Phi) is 4.56. The van der Waals surface area contributed by atoms with Gasteiger partial charge >= 0.3 is 5.97 Å². The van der Waals surface area contributed by atoms with Gasteiger partial charge in [-0.3, -0.25) is 4.79 Å². The first-order chi connectivity index (χ1) is 15.5. The molecule has 0 saturated heterocycles. The fourth-order valence-corrected chi connectivity index (χ4v) is 4.09. The lowest BCUT2D eigenvalue weighted by Crippen LogP contribution is -2.18. The van der Waals surface area contributed by atoms with Gasteiger partial charge in [-0.15, -0.1) is 0 Å². The molecule has 2 aromatic heterocycles. The predicted molar refractivity (Wildman–Crippen MR) is 124 cm³/mol. The number of H-pyrrole nitrogens is 1. The van der Waals surface area contributed by atoms with E-state index in [1.54, 1.807) is 25.2 Å². The number of amides is 1. The standard InChI is InChI=1S/C26H20N2O4/c1-14-6-8-15(9-7-14)23-21(25(29)27-2)20-13-19(16-4-3-5-17(12-16)26(30)31)22-18(10-11-28-22)24(20)32-23/h3-13,28H,1-2H3,(H,27,29)(H,30,31). The number of fused-ring (bicyclic) bond motifs is 3. The molecule has 3 aromatic carbocycles. The van der Waals surface area contributed by atoms with Crippen LogP contribution in [-0.4, -0.2) is 29.0 Å². The van der Waals surface area contributed by atoms with Crippen LogP contribution in [0.25, 0.3) is 44.3 Å². The van der Waals surface area contributed by atoms with Crippen molar-refractivity contribution in [1.29, 1.82) is 0 Å². The molecular formula is C26H20N2O4. The molecule has 0 saturated carbocycles. The van der Waals surface area contributed by atoms with Gasteiger partial charge in [0.1, 0.15) is 11.3 Å². The lowest BCUT2D eigenvalue weighted by molar-refractivity contribution is 0.0696. The van der Waals surface area contributed by atoms with E-state index in [4.69, 9.17) is 4.42 Å².